The highest BCUT2D eigenvalue weighted by Crippen LogP contribution is 2.55. The highest BCUT2D eigenvalue weighted by Gasteiger charge is 2.47. The SMILES string of the molecule is C=C(C)CCC1(C)C2=C(CC(=O)C1C)C(C)(C)CCC2. The summed E-state index contributed by atoms with van der Waals surface area (Å²) in [6.07, 6.45) is 6.50. The molecule has 0 aliphatic heterocycles. The van der Waals surface area contributed by atoms with Crippen molar-refractivity contribution in [3.8, 4) is 0 Å². The second-order valence-corrected chi connectivity index (χ2v) is 7.93. The molecule has 0 aromatic rings. The minimum Gasteiger partial charge on any atom is -0.299 e. The number of allylic oxidation sites excluding steroid dienone is 3. The topological polar surface area (TPSA) is 17.1 Å². The summed E-state index contributed by atoms with van der Waals surface area (Å²) in [5.74, 6) is 0.609. The second-order valence-electron chi connectivity index (χ2n) is 7.93. The van der Waals surface area contributed by atoms with Gasteiger partial charge in [-0.1, -0.05) is 44.4 Å². The molecule has 0 spiro atoms. The lowest BCUT2D eigenvalue weighted by Gasteiger charge is -2.49. The minimum absolute atomic E-state index is 0.0569. The van der Waals surface area contributed by atoms with Gasteiger partial charge in [0.25, 0.3) is 0 Å². The highest BCUT2D eigenvalue weighted by molar-refractivity contribution is 5.86. The molecule has 112 valence electrons. The monoisotopic (exact) mass is 274 g/mol. The molecule has 0 fully saturated rings. The van der Waals surface area contributed by atoms with Gasteiger partial charge in [0, 0.05) is 12.3 Å². The van der Waals surface area contributed by atoms with Crippen molar-refractivity contribution in [2.45, 2.75) is 73.1 Å². The fourth-order valence-electron chi connectivity index (χ4n) is 4.18. The molecule has 0 aromatic carbocycles. The fraction of sp³-hybridized carbons (Fsp3) is 0.737. The van der Waals surface area contributed by atoms with Crippen LogP contribution in [-0.4, -0.2) is 5.78 Å². The van der Waals surface area contributed by atoms with Crippen molar-refractivity contribution < 1.29 is 4.79 Å². The molecular weight excluding hydrogens is 244 g/mol. The predicted molar refractivity (Wildman–Crippen MR) is 85.6 cm³/mol. The van der Waals surface area contributed by atoms with Crippen molar-refractivity contribution in [2.75, 3.05) is 0 Å². The minimum atomic E-state index is 0.0569. The van der Waals surface area contributed by atoms with E-state index < -0.39 is 0 Å². The van der Waals surface area contributed by atoms with Gasteiger partial charge in [0.05, 0.1) is 0 Å². The Bertz CT molecular complexity index is 466. The number of hydrogen-bond acceptors (Lipinski definition) is 1. The van der Waals surface area contributed by atoms with Crippen molar-refractivity contribution in [1.29, 1.82) is 0 Å². The second kappa shape index (κ2) is 5.16. The zero-order chi connectivity index (χ0) is 15.1. The standard InChI is InChI=1S/C19H30O/c1-13(2)9-11-19(6)14(3)17(20)12-16-15(19)8-7-10-18(16,4)5/h14H,1,7-12H2,2-6H3. The van der Waals surface area contributed by atoms with Gasteiger partial charge in [-0.2, -0.15) is 0 Å². The molecule has 2 unspecified atom stereocenters. The number of ketones is 1. The molecule has 0 aromatic heterocycles. The maximum Gasteiger partial charge on any atom is 0.140 e. The van der Waals surface area contributed by atoms with E-state index in [-0.39, 0.29) is 16.7 Å². The van der Waals surface area contributed by atoms with Crippen LogP contribution in [0.15, 0.2) is 23.3 Å². The molecule has 20 heavy (non-hydrogen) atoms. The van der Waals surface area contributed by atoms with Crippen LogP contribution in [0.2, 0.25) is 0 Å². The van der Waals surface area contributed by atoms with Crippen LogP contribution in [0.1, 0.15) is 73.1 Å². The Morgan fingerprint density at radius 3 is 2.55 bits per heavy atom. The van der Waals surface area contributed by atoms with E-state index in [9.17, 15) is 4.79 Å². The summed E-state index contributed by atoms with van der Waals surface area (Å²) < 4.78 is 0. The molecule has 0 heterocycles. The Labute approximate surface area is 124 Å². The third-order valence-electron chi connectivity index (χ3n) is 5.96. The lowest BCUT2D eigenvalue weighted by molar-refractivity contribution is -0.126. The van der Waals surface area contributed by atoms with Crippen LogP contribution in [0.25, 0.3) is 0 Å². The molecule has 0 N–H and O–H groups in total. The largest absolute Gasteiger partial charge is 0.299 e. The first-order valence-corrected chi connectivity index (χ1v) is 8.08. The Kier molecular flexibility index (Phi) is 4.01. The molecule has 0 radical (unpaired) electrons. The molecule has 1 nitrogen and oxygen atoms in total. The van der Waals surface area contributed by atoms with Crippen molar-refractivity contribution >= 4 is 5.78 Å². The number of hydrogen-bond donors (Lipinski definition) is 0. The Morgan fingerprint density at radius 2 is 1.95 bits per heavy atom. The number of carbonyl (C=O) groups is 1. The van der Waals surface area contributed by atoms with Gasteiger partial charge in [0.15, 0.2) is 0 Å². The fourth-order valence-corrected chi connectivity index (χ4v) is 4.18. The zero-order valence-corrected chi connectivity index (χ0v) is 13.9. The Balaban J connectivity index is 2.46. The van der Waals surface area contributed by atoms with Crippen LogP contribution < -0.4 is 0 Å². The van der Waals surface area contributed by atoms with Crippen LogP contribution in [0, 0.1) is 16.7 Å². The van der Waals surface area contributed by atoms with E-state index in [4.69, 9.17) is 0 Å². The summed E-state index contributed by atoms with van der Waals surface area (Å²) in [4.78, 5) is 12.5. The summed E-state index contributed by atoms with van der Waals surface area (Å²) in [7, 11) is 0. The van der Waals surface area contributed by atoms with E-state index in [0.29, 0.717) is 12.2 Å². The van der Waals surface area contributed by atoms with E-state index in [1.165, 1.54) is 30.4 Å². The summed E-state index contributed by atoms with van der Waals surface area (Å²) in [5, 5.41) is 0. The molecule has 2 aliphatic carbocycles. The van der Waals surface area contributed by atoms with E-state index >= 15 is 0 Å². The lowest BCUT2D eigenvalue weighted by Crippen LogP contribution is -2.42. The van der Waals surface area contributed by atoms with E-state index in [2.05, 4.69) is 41.2 Å². The zero-order valence-electron chi connectivity index (χ0n) is 13.9. The van der Waals surface area contributed by atoms with Gasteiger partial charge < -0.3 is 0 Å². The molecule has 0 saturated heterocycles. The first-order chi connectivity index (χ1) is 9.18. The van der Waals surface area contributed by atoms with E-state index in [1.54, 1.807) is 5.57 Å². The van der Waals surface area contributed by atoms with Gasteiger partial charge >= 0.3 is 0 Å². The van der Waals surface area contributed by atoms with Crippen LogP contribution >= 0.6 is 0 Å². The Morgan fingerprint density at radius 1 is 1.30 bits per heavy atom. The summed E-state index contributed by atoms with van der Waals surface area (Å²) in [6, 6.07) is 0. The number of carbonyl (C=O) groups excluding carboxylic acids is 1. The van der Waals surface area contributed by atoms with E-state index in [0.717, 1.165) is 12.8 Å². The van der Waals surface area contributed by atoms with Gasteiger partial charge in [-0.15, -0.1) is 6.58 Å². The van der Waals surface area contributed by atoms with Gasteiger partial charge in [-0.3, -0.25) is 4.79 Å². The maximum atomic E-state index is 12.5. The van der Waals surface area contributed by atoms with Crippen LogP contribution in [-0.2, 0) is 4.79 Å². The third-order valence-corrected chi connectivity index (χ3v) is 5.96. The van der Waals surface area contributed by atoms with Gasteiger partial charge in [0.1, 0.15) is 5.78 Å². The molecule has 2 atom stereocenters. The average molecular weight is 274 g/mol. The van der Waals surface area contributed by atoms with E-state index in [1.807, 2.05) is 0 Å². The molecule has 0 saturated carbocycles. The predicted octanol–water partition coefficient (Wildman–Crippen LogP) is 5.46. The molecule has 2 rings (SSSR count). The first-order valence-electron chi connectivity index (χ1n) is 8.08. The van der Waals surface area contributed by atoms with Crippen molar-refractivity contribution in [2.24, 2.45) is 16.7 Å². The van der Waals surface area contributed by atoms with Crippen LogP contribution in [0.5, 0.6) is 0 Å². The average Bonchev–Trinajstić information content (AvgIpc) is 2.35. The molecule has 2 aliphatic rings. The normalized spacial score (nSPS) is 33.0. The lowest BCUT2D eigenvalue weighted by atomic mass is 9.55. The summed E-state index contributed by atoms with van der Waals surface area (Å²) >= 11 is 0. The maximum absolute atomic E-state index is 12.5. The smallest absolute Gasteiger partial charge is 0.140 e. The van der Waals surface area contributed by atoms with Gasteiger partial charge in [-0.05, 0) is 49.9 Å². The summed E-state index contributed by atoms with van der Waals surface area (Å²) in [6.45, 7) is 15.3. The van der Waals surface area contributed by atoms with Crippen molar-refractivity contribution in [1.82, 2.24) is 0 Å². The van der Waals surface area contributed by atoms with Gasteiger partial charge in [-0.25, -0.2) is 0 Å². The molecule has 1 heteroatoms. The van der Waals surface area contributed by atoms with Crippen LogP contribution in [0.3, 0.4) is 0 Å². The van der Waals surface area contributed by atoms with Crippen molar-refractivity contribution in [3.63, 3.8) is 0 Å². The van der Waals surface area contributed by atoms with Crippen molar-refractivity contribution in [3.05, 3.63) is 23.3 Å². The quantitative estimate of drug-likeness (QED) is 0.624. The highest BCUT2D eigenvalue weighted by atomic mass is 16.1. The van der Waals surface area contributed by atoms with Crippen LogP contribution in [0.4, 0.5) is 0 Å². The number of Topliss-reactive ketones (excluding diaryl/α,β-unsaturated/α-hetero) is 1. The van der Waals surface area contributed by atoms with Gasteiger partial charge in [0.2, 0.25) is 0 Å². The molecule has 0 bridgehead atoms. The Hall–Kier alpha value is -0.850. The molecular formula is C19H30O. The molecule has 0 amide bonds. The third kappa shape index (κ3) is 2.52. The first kappa shape index (κ1) is 15.5. The number of rotatable bonds is 3. The summed E-state index contributed by atoms with van der Waals surface area (Å²) in [5.41, 5.74) is 4.58.